The van der Waals surface area contributed by atoms with Crippen LogP contribution in [0.4, 0.5) is 0 Å². The van der Waals surface area contributed by atoms with Crippen LogP contribution in [-0.2, 0) is 6.54 Å². The summed E-state index contributed by atoms with van der Waals surface area (Å²) in [6.07, 6.45) is 6.40. The van der Waals surface area contributed by atoms with Crippen LogP contribution < -0.4 is 0 Å². The molecule has 0 bridgehead atoms. The van der Waals surface area contributed by atoms with Gasteiger partial charge in [0.15, 0.2) is 0 Å². The summed E-state index contributed by atoms with van der Waals surface area (Å²) in [7, 11) is 0. The molecule has 0 amide bonds. The van der Waals surface area contributed by atoms with E-state index in [2.05, 4.69) is 33.5 Å². The maximum Gasteiger partial charge on any atom is 0.139 e. The fraction of sp³-hybridized carbons (Fsp3) is 0.500. The molecule has 0 aliphatic carbocycles. The number of aliphatic hydroxyl groups is 1. The Labute approximate surface area is 107 Å². The summed E-state index contributed by atoms with van der Waals surface area (Å²) in [6.45, 7) is 4.25. The van der Waals surface area contributed by atoms with Crippen molar-refractivity contribution in [1.82, 2.24) is 14.3 Å². The molecule has 4 heteroatoms. The van der Waals surface area contributed by atoms with Gasteiger partial charge in [0.2, 0.25) is 0 Å². The average molecular weight is 245 g/mol. The highest BCUT2D eigenvalue weighted by Gasteiger charge is 2.24. The van der Waals surface area contributed by atoms with Crippen molar-refractivity contribution in [1.29, 1.82) is 0 Å². The van der Waals surface area contributed by atoms with Crippen LogP contribution in [0.25, 0.3) is 5.65 Å². The number of hydrogen-bond acceptors (Lipinski definition) is 3. The summed E-state index contributed by atoms with van der Waals surface area (Å²) in [6, 6.07) is 4.44. The molecule has 3 rings (SSSR count). The van der Waals surface area contributed by atoms with Gasteiger partial charge in [0, 0.05) is 25.0 Å². The van der Waals surface area contributed by atoms with E-state index in [1.807, 2.05) is 12.3 Å². The lowest BCUT2D eigenvalue weighted by Crippen LogP contribution is -2.31. The molecule has 1 saturated heterocycles. The van der Waals surface area contributed by atoms with Gasteiger partial charge in [-0.2, -0.15) is 0 Å². The van der Waals surface area contributed by atoms with Gasteiger partial charge in [-0.1, -0.05) is 6.07 Å². The van der Waals surface area contributed by atoms with Crippen molar-refractivity contribution < 1.29 is 5.11 Å². The van der Waals surface area contributed by atoms with Crippen LogP contribution in [0.3, 0.4) is 0 Å². The van der Waals surface area contributed by atoms with Gasteiger partial charge < -0.3 is 9.51 Å². The smallest absolute Gasteiger partial charge is 0.139 e. The lowest BCUT2D eigenvalue weighted by Gasteiger charge is -2.21. The second-order valence-corrected chi connectivity index (χ2v) is 5.10. The van der Waals surface area contributed by atoms with Crippen LogP contribution in [-0.4, -0.2) is 38.6 Å². The fourth-order valence-corrected chi connectivity index (χ4v) is 2.80. The number of aromatic nitrogens is 2. The SMILES string of the molecule is Cc1cccn2cc(CN3CCCC3CO)nc12. The van der Waals surface area contributed by atoms with Gasteiger partial charge in [0.1, 0.15) is 5.65 Å². The van der Waals surface area contributed by atoms with Gasteiger partial charge in [-0.15, -0.1) is 0 Å². The number of pyridine rings is 1. The molecular weight excluding hydrogens is 226 g/mol. The minimum absolute atomic E-state index is 0.256. The van der Waals surface area contributed by atoms with Crippen LogP contribution in [0.2, 0.25) is 0 Å². The highest BCUT2D eigenvalue weighted by molar-refractivity contribution is 5.47. The summed E-state index contributed by atoms with van der Waals surface area (Å²) in [5, 5.41) is 9.33. The molecule has 2 aromatic rings. The van der Waals surface area contributed by atoms with Crippen molar-refractivity contribution in [2.75, 3.05) is 13.2 Å². The zero-order valence-corrected chi connectivity index (χ0v) is 10.7. The molecule has 1 aliphatic heterocycles. The molecule has 1 aliphatic rings. The van der Waals surface area contributed by atoms with Crippen LogP contribution >= 0.6 is 0 Å². The van der Waals surface area contributed by atoms with Gasteiger partial charge >= 0.3 is 0 Å². The maximum atomic E-state index is 9.33. The van der Waals surface area contributed by atoms with Crippen LogP contribution in [0, 0.1) is 6.92 Å². The molecule has 18 heavy (non-hydrogen) atoms. The van der Waals surface area contributed by atoms with Crippen molar-refractivity contribution in [3.63, 3.8) is 0 Å². The summed E-state index contributed by atoms with van der Waals surface area (Å²) >= 11 is 0. The molecule has 0 radical (unpaired) electrons. The number of likely N-dealkylation sites (tertiary alicyclic amines) is 1. The molecule has 2 aromatic heterocycles. The molecule has 0 spiro atoms. The van der Waals surface area contributed by atoms with E-state index in [0.29, 0.717) is 6.04 Å². The fourth-order valence-electron chi connectivity index (χ4n) is 2.80. The van der Waals surface area contributed by atoms with Crippen LogP contribution in [0.15, 0.2) is 24.5 Å². The van der Waals surface area contributed by atoms with E-state index in [0.717, 1.165) is 30.9 Å². The Hall–Kier alpha value is -1.39. The molecule has 1 fully saturated rings. The number of aliphatic hydroxyl groups excluding tert-OH is 1. The maximum absolute atomic E-state index is 9.33. The molecule has 0 saturated carbocycles. The summed E-state index contributed by atoms with van der Waals surface area (Å²) < 4.78 is 2.08. The first-order chi connectivity index (χ1) is 8.78. The van der Waals surface area contributed by atoms with Gasteiger partial charge in [0.05, 0.1) is 12.3 Å². The number of hydrogen-bond donors (Lipinski definition) is 1. The largest absolute Gasteiger partial charge is 0.395 e. The van der Waals surface area contributed by atoms with Crippen molar-refractivity contribution in [3.8, 4) is 0 Å². The zero-order chi connectivity index (χ0) is 12.5. The number of rotatable bonds is 3. The number of fused-ring (bicyclic) bond motifs is 1. The van der Waals surface area contributed by atoms with Crippen molar-refractivity contribution in [2.45, 2.75) is 32.4 Å². The van der Waals surface area contributed by atoms with Crippen LogP contribution in [0.1, 0.15) is 24.1 Å². The van der Waals surface area contributed by atoms with E-state index < -0.39 is 0 Å². The molecule has 4 nitrogen and oxygen atoms in total. The minimum atomic E-state index is 0.256. The zero-order valence-electron chi connectivity index (χ0n) is 10.7. The molecule has 96 valence electrons. The first-order valence-corrected chi connectivity index (χ1v) is 6.56. The number of nitrogens with zero attached hydrogens (tertiary/aromatic N) is 3. The number of imidazole rings is 1. The second kappa shape index (κ2) is 4.71. The normalized spacial score (nSPS) is 20.9. The van der Waals surface area contributed by atoms with E-state index in [1.54, 1.807) is 0 Å². The summed E-state index contributed by atoms with van der Waals surface area (Å²) in [5.74, 6) is 0. The van der Waals surface area contributed by atoms with Crippen molar-refractivity contribution in [2.24, 2.45) is 0 Å². The van der Waals surface area contributed by atoms with E-state index >= 15 is 0 Å². The Balaban J connectivity index is 1.84. The molecule has 3 heterocycles. The Bertz CT molecular complexity index is 549. The Morgan fingerprint density at radius 2 is 2.39 bits per heavy atom. The summed E-state index contributed by atoms with van der Waals surface area (Å²) in [5.41, 5.74) is 3.32. The Kier molecular flexibility index (Phi) is 3.06. The third-order valence-corrected chi connectivity index (χ3v) is 3.80. The Morgan fingerprint density at radius 3 is 3.17 bits per heavy atom. The van der Waals surface area contributed by atoms with E-state index in [4.69, 9.17) is 0 Å². The van der Waals surface area contributed by atoms with Gasteiger partial charge in [-0.05, 0) is 37.9 Å². The Morgan fingerprint density at radius 1 is 1.50 bits per heavy atom. The van der Waals surface area contributed by atoms with E-state index in [-0.39, 0.29) is 6.61 Å². The molecule has 1 atom stereocenters. The second-order valence-electron chi connectivity index (χ2n) is 5.10. The third-order valence-electron chi connectivity index (χ3n) is 3.80. The predicted molar refractivity (Wildman–Crippen MR) is 70.4 cm³/mol. The monoisotopic (exact) mass is 245 g/mol. The quantitative estimate of drug-likeness (QED) is 0.893. The highest BCUT2D eigenvalue weighted by Crippen LogP contribution is 2.20. The average Bonchev–Trinajstić information content (AvgIpc) is 2.96. The number of aryl methyl sites for hydroxylation is 1. The van der Waals surface area contributed by atoms with Gasteiger partial charge in [-0.25, -0.2) is 4.98 Å². The van der Waals surface area contributed by atoms with E-state index in [9.17, 15) is 5.11 Å². The lowest BCUT2D eigenvalue weighted by atomic mass is 10.2. The van der Waals surface area contributed by atoms with Crippen molar-refractivity contribution >= 4 is 5.65 Å². The van der Waals surface area contributed by atoms with Crippen molar-refractivity contribution in [3.05, 3.63) is 35.8 Å². The third kappa shape index (κ3) is 2.02. The first kappa shape index (κ1) is 11.7. The standard InChI is InChI=1S/C14H19N3O/c1-11-4-2-7-17-9-12(15-14(11)17)8-16-6-3-5-13(16)10-18/h2,4,7,9,13,18H,3,5-6,8,10H2,1H3. The topological polar surface area (TPSA) is 40.8 Å². The minimum Gasteiger partial charge on any atom is -0.395 e. The molecule has 0 aromatic carbocycles. The highest BCUT2D eigenvalue weighted by atomic mass is 16.3. The predicted octanol–water partition coefficient (Wildman–Crippen LogP) is 1.60. The molecule has 1 N–H and O–H groups in total. The lowest BCUT2D eigenvalue weighted by molar-refractivity contribution is 0.152. The van der Waals surface area contributed by atoms with E-state index in [1.165, 1.54) is 12.0 Å². The molecular formula is C14H19N3O. The summed E-state index contributed by atoms with van der Waals surface area (Å²) in [4.78, 5) is 7.01. The first-order valence-electron chi connectivity index (χ1n) is 6.56. The van der Waals surface area contributed by atoms with Gasteiger partial charge in [0.25, 0.3) is 0 Å². The molecule has 1 unspecified atom stereocenters. The van der Waals surface area contributed by atoms with Gasteiger partial charge in [-0.3, -0.25) is 4.90 Å². The van der Waals surface area contributed by atoms with Crippen LogP contribution in [0.5, 0.6) is 0 Å².